The quantitative estimate of drug-likeness (QED) is 0.882. The van der Waals surface area contributed by atoms with Crippen LogP contribution in [0.3, 0.4) is 0 Å². The van der Waals surface area contributed by atoms with Crippen LogP contribution in [0, 0.1) is 11.7 Å². The summed E-state index contributed by atoms with van der Waals surface area (Å²) in [5.41, 5.74) is 1.05. The maximum Gasteiger partial charge on any atom is 0.137 e. The number of benzene rings is 1. The molecule has 0 spiro atoms. The van der Waals surface area contributed by atoms with Crippen molar-refractivity contribution in [3.8, 4) is 0 Å². The lowest BCUT2D eigenvalue weighted by Crippen LogP contribution is -2.08. The minimum absolute atomic E-state index is 0.186. The molecule has 1 N–H and O–H groups in total. The molecule has 1 aromatic carbocycles. The smallest absolute Gasteiger partial charge is 0.137 e. The fourth-order valence-electron chi connectivity index (χ4n) is 1.34. The van der Waals surface area contributed by atoms with Crippen molar-refractivity contribution in [1.29, 1.82) is 0 Å². The Kier molecular flexibility index (Phi) is 4.55. The Morgan fingerprint density at radius 1 is 1.50 bits per heavy atom. The first kappa shape index (κ1) is 11.7. The van der Waals surface area contributed by atoms with Crippen molar-refractivity contribution in [2.24, 2.45) is 5.92 Å². The highest BCUT2D eigenvalue weighted by atomic mass is 79.9. The van der Waals surface area contributed by atoms with Crippen molar-refractivity contribution < 1.29 is 9.50 Å². The summed E-state index contributed by atoms with van der Waals surface area (Å²) in [5.74, 6) is 0.0261. The van der Waals surface area contributed by atoms with E-state index in [1.54, 1.807) is 12.1 Å². The molecule has 1 nitrogen and oxygen atoms in total. The van der Waals surface area contributed by atoms with Gasteiger partial charge in [-0.25, -0.2) is 4.39 Å². The SMILES string of the molecule is CCC(CO)Cc1ccc(F)c(Br)c1. The van der Waals surface area contributed by atoms with Crippen molar-refractivity contribution in [2.45, 2.75) is 19.8 Å². The second-order valence-electron chi connectivity index (χ2n) is 3.41. The Balaban J connectivity index is 2.72. The molecule has 0 aliphatic heterocycles. The lowest BCUT2D eigenvalue weighted by molar-refractivity contribution is 0.222. The van der Waals surface area contributed by atoms with E-state index in [2.05, 4.69) is 15.9 Å². The third kappa shape index (κ3) is 3.07. The van der Waals surface area contributed by atoms with Gasteiger partial charge in [-0.1, -0.05) is 19.4 Å². The molecule has 0 aliphatic rings. The van der Waals surface area contributed by atoms with E-state index >= 15 is 0 Å². The molecule has 0 fully saturated rings. The summed E-state index contributed by atoms with van der Waals surface area (Å²) in [4.78, 5) is 0. The van der Waals surface area contributed by atoms with Crippen LogP contribution in [-0.2, 0) is 6.42 Å². The van der Waals surface area contributed by atoms with Gasteiger partial charge in [-0.3, -0.25) is 0 Å². The van der Waals surface area contributed by atoms with E-state index in [0.717, 1.165) is 18.4 Å². The molecule has 0 amide bonds. The third-order valence-corrected chi connectivity index (χ3v) is 2.95. The topological polar surface area (TPSA) is 20.2 Å². The molecule has 0 heterocycles. The Hall–Kier alpha value is -0.410. The van der Waals surface area contributed by atoms with Gasteiger partial charge in [0, 0.05) is 6.61 Å². The molecule has 0 saturated carbocycles. The van der Waals surface area contributed by atoms with Gasteiger partial charge in [0.15, 0.2) is 0 Å². The van der Waals surface area contributed by atoms with Gasteiger partial charge in [0.1, 0.15) is 5.82 Å². The highest BCUT2D eigenvalue weighted by Crippen LogP contribution is 2.19. The van der Waals surface area contributed by atoms with E-state index in [-0.39, 0.29) is 18.3 Å². The van der Waals surface area contributed by atoms with Gasteiger partial charge in [0.05, 0.1) is 4.47 Å². The van der Waals surface area contributed by atoms with Gasteiger partial charge in [0.2, 0.25) is 0 Å². The summed E-state index contributed by atoms with van der Waals surface area (Å²) in [7, 11) is 0. The third-order valence-electron chi connectivity index (χ3n) is 2.34. The Labute approximate surface area is 92.1 Å². The minimum atomic E-state index is -0.245. The van der Waals surface area contributed by atoms with Crippen molar-refractivity contribution >= 4 is 15.9 Å². The largest absolute Gasteiger partial charge is 0.396 e. The fourth-order valence-corrected chi connectivity index (χ4v) is 1.76. The highest BCUT2D eigenvalue weighted by molar-refractivity contribution is 9.10. The summed E-state index contributed by atoms with van der Waals surface area (Å²) in [6.45, 7) is 2.23. The van der Waals surface area contributed by atoms with E-state index in [1.165, 1.54) is 6.07 Å². The van der Waals surface area contributed by atoms with Crippen LogP contribution < -0.4 is 0 Å². The molecule has 1 aromatic rings. The van der Waals surface area contributed by atoms with E-state index in [4.69, 9.17) is 5.11 Å². The second-order valence-corrected chi connectivity index (χ2v) is 4.26. The molecular weight excluding hydrogens is 247 g/mol. The van der Waals surface area contributed by atoms with E-state index in [1.807, 2.05) is 6.92 Å². The minimum Gasteiger partial charge on any atom is -0.396 e. The van der Waals surface area contributed by atoms with Gasteiger partial charge in [-0.15, -0.1) is 0 Å². The predicted octanol–water partition coefficient (Wildman–Crippen LogP) is 3.15. The molecule has 14 heavy (non-hydrogen) atoms. The Morgan fingerprint density at radius 3 is 2.71 bits per heavy atom. The van der Waals surface area contributed by atoms with Crippen LogP contribution in [0.4, 0.5) is 4.39 Å². The number of hydrogen-bond donors (Lipinski definition) is 1. The summed E-state index contributed by atoms with van der Waals surface area (Å²) < 4.78 is 13.4. The molecule has 3 heteroatoms. The van der Waals surface area contributed by atoms with Crippen molar-refractivity contribution in [3.05, 3.63) is 34.1 Å². The predicted molar refractivity (Wildman–Crippen MR) is 58.7 cm³/mol. The van der Waals surface area contributed by atoms with E-state index in [9.17, 15) is 4.39 Å². The molecule has 1 atom stereocenters. The number of hydrogen-bond acceptors (Lipinski definition) is 1. The second kappa shape index (κ2) is 5.47. The average Bonchev–Trinajstić information content (AvgIpc) is 2.19. The van der Waals surface area contributed by atoms with Crippen LogP contribution in [-0.4, -0.2) is 11.7 Å². The summed E-state index contributed by atoms with van der Waals surface area (Å²) in [6, 6.07) is 4.98. The van der Waals surface area contributed by atoms with Crippen molar-refractivity contribution in [2.75, 3.05) is 6.61 Å². The molecular formula is C11H14BrFO. The summed E-state index contributed by atoms with van der Waals surface area (Å²) in [6.07, 6.45) is 1.73. The summed E-state index contributed by atoms with van der Waals surface area (Å²) >= 11 is 3.14. The first-order valence-corrected chi connectivity index (χ1v) is 5.51. The molecule has 1 rings (SSSR count). The number of rotatable bonds is 4. The molecule has 0 saturated heterocycles. The number of aliphatic hydroxyl groups is 1. The van der Waals surface area contributed by atoms with Gasteiger partial charge >= 0.3 is 0 Å². The van der Waals surface area contributed by atoms with Crippen molar-refractivity contribution in [3.63, 3.8) is 0 Å². The first-order chi connectivity index (χ1) is 6.67. The van der Waals surface area contributed by atoms with Crippen LogP contribution in [0.2, 0.25) is 0 Å². The van der Waals surface area contributed by atoms with Crippen molar-refractivity contribution in [1.82, 2.24) is 0 Å². The normalized spacial score (nSPS) is 12.9. The molecule has 0 aromatic heterocycles. The molecule has 1 unspecified atom stereocenters. The Morgan fingerprint density at radius 2 is 2.21 bits per heavy atom. The zero-order chi connectivity index (χ0) is 10.6. The van der Waals surface area contributed by atoms with Gasteiger partial charge in [-0.05, 0) is 46.0 Å². The van der Waals surface area contributed by atoms with Crippen LogP contribution in [0.25, 0.3) is 0 Å². The van der Waals surface area contributed by atoms with Crippen LogP contribution in [0.5, 0.6) is 0 Å². The highest BCUT2D eigenvalue weighted by Gasteiger charge is 2.07. The van der Waals surface area contributed by atoms with Gasteiger partial charge < -0.3 is 5.11 Å². The number of aliphatic hydroxyl groups excluding tert-OH is 1. The van der Waals surface area contributed by atoms with E-state index < -0.39 is 0 Å². The number of halogens is 2. The van der Waals surface area contributed by atoms with Gasteiger partial charge in [0.25, 0.3) is 0 Å². The molecule has 78 valence electrons. The van der Waals surface area contributed by atoms with Crippen LogP contribution in [0.1, 0.15) is 18.9 Å². The molecule has 0 radical (unpaired) electrons. The first-order valence-electron chi connectivity index (χ1n) is 4.72. The zero-order valence-electron chi connectivity index (χ0n) is 8.13. The standard InChI is InChI=1S/C11H14BrFO/c1-2-8(7-14)5-9-3-4-11(13)10(12)6-9/h3-4,6,8,14H,2,5,7H2,1H3. The van der Waals surface area contributed by atoms with Crippen LogP contribution >= 0.6 is 15.9 Å². The van der Waals surface area contributed by atoms with Crippen LogP contribution in [0.15, 0.2) is 22.7 Å². The lowest BCUT2D eigenvalue weighted by atomic mass is 9.98. The zero-order valence-corrected chi connectivity index (χ0v) is 9.72. The molecule has 0 bridgehead atoms. The summed E-state index contributed by atoms with van der Waals surface area (Å²) in [5, 5.41) is 9.03. The monoisotopic (exact) mass is 260 g/mol. The fraction of sp³-hybridized carbons (Fsp3) is 0.455. The van der Waals surface area contributed by atoms with Gasteiger partial charge in [-0.2, -0.15) is 0 Å². The Bertz CT molecular complexity index is 297. The maximum atomic E-state index is 12.9. The average molecular weight is 261 g/mol. The molecule has 0 aliphatic carbocycles. The van der Waals surface area contributed by atoms with E-state index in [0.29, 0.717) is 4.47 Å². The maximum absolute atomic E-state index is 12.9. The lowest BCUT2D eigenvalue weighted by Gasteiger charge is -2.11.